The lowest BCUT2D eigenvalue weighted by atomic mass is 10.1. The lowest BCUT2D eigenvalue weighted by molar-refractivity contribution is 0.462. The topological polar surface area (TPSA) is 29.6 Å². The summed E-state index contributed by atoms with van der Waals surface area (Å²) < 4.78 is 5.55. The van der Waals surface area contributed by atoms with Gasteiger partial charge >= 0.3 is 0 Å². The Labute approximate surface area is 282 Å². The van der Waals surface area contributed by atoms with E-state index >= 15 is 0 Å². The second-order valence-electron chi connectivity index (χ2n) is 13.0. The standard InChI is InChI=1S/C38H41N3S4/c1-4-5-6-7-8-9-12-21-41-28-22-25(3)43-36(28)37-29(41)23-33(45-37)32-18-17-31(44-32)27-15-14-26(30-16-13-24(2)42-30)34-35(27)40-38(39-34)19-10-11-20-38/h13-18,22-23H,4-12,19-21H2,1-3H3. The average Bonchev–Trinajstić information content (AvgIpc) is 3.87. The molecule has 3 nitrogen and oxygen atoms in total. The molecule has 0 N–H and O–H groups in total. The number of hydrogen-bond acceptors (Lipinski definition) is 6. The molecule has 1 fully saturated rings. The molecular formula is C38H41N3S4. The summed E-state index contributed by atoms with van der Waals surface area (Å²) in [7, 11) is 0. The van der Waals surface area contributed by atoms with Gasteiger partial charge in [-0.2, -0.15) is 0 Å². The van der Waals surface area contributed by atoms with Crippen LogP contribution in [0.15, 0.2) is 58.5 Å². The van der Waals surface area contributed by atoms with E-state index in [1.165, 1.54) is 119 Å². The highest BCUT2D eigenvalue weighted by Gasteiger charge is 2.36. The number of rotatable bonds is 11. The third-order valence-electron chi connectivity index (χ3n) is 9.64. The monoisotopic (exact) mass is 667 g/mol. The number of aromatic nitrogens is 1. The van der Waals surface area contributed by atoms with Gasteiger partial charge in [-0.15, -0.1) is 45.3 Å². The Morgan fingerprint density at radius 1 is 0.622 bits per heavy atom. The van der Waals surface area contributed by atoms with Crippen molar-refractivity contribution < 1.29 is 0 Å². The predicted octanol–water partition coefficient (Wildman–Crippen LogP) is 11.9. The van der Waals surface area contributed by atoms with E-state index in [-0.39, 0.29) is 5.66 Å². The Morgan fingerprint density at radius 2 is 1.24 bits per heavy atom. The molecule has 0 saturated heterocycles. The quantitative estimate of drug-likeness (QED) is 0.123. The first-order chi connectivity index (χ1) is 22.0. The van der Waals surface area contributed by atoms with Crippen molar-refractivity contribution in [2.24, 2.45) is 9.98 Å². The summed E-state index contributed by atoms with van der Waals surface area (Å²) in [6.07, 6.45) is 14.0. The summed E-state index contributed by atoms with van der Waals surface area (Å²) in [5, 5.41) is 2.23. The molecule has 5 aromatic heterocycles. The minimum atomic E-state index is -0.246. The minimum absolute atomic E-state index is 0.246. The van der Waals surface area contributed by atoms with Crippen LogP contribution in [0.2, 0.25) is 0 Å². The average molecular weight is 668 g/mol. The van der Waals surface area contributed by atoms with Gasteiger partial charge < -0.3 is 4.57 Å². The summed E-state index contributed by atoms with van der Waals surface area (Å²) in [5.41, 5.74) is 5.10. The van der Waals surface area contributed by atoms with E-state index in [4.69, 9.17) is 9.98 Å². The molecule has 1 aliphatic heterocycles. The van der Waals surface area contributed by atoms with Crippen molar-refractivity contribution in [3.8, 4) is 30.6 Å². The van der Waals surface area contributed by atoms with E-state index in [1.807, 2.05) is 45.3 Å². The molecule has 0 amide bonds. The van der Waals surface area contributed by atoms with Gasteiger partial charge in [-0.3, -0.25) is 9.98 Å². The summed E-state index contributed by atoms with van der Waals surface area (Å²) in [5.74, 6) is 0. The zero-order chi connectivity index (χ0) is 30.5. The van der Waals surface area contributed by atoms with E-state index in [0.29, 0.717) is 0 Å². The van der Waals surface area contributed by atoms with E-state index in [1.54, 1.807) is 0 Å². The molecule has 232 valence electrons. The summed E-state index contributed by atoms with van der Waals surface area (Å²) in [4.78, 5) is 18.9. The summed E-state index contributed by atoms with van der Waals surface area (Å²) in [6, 6.07) is 18.6. The summed E-state index contributed by atoms with van der Waals surface area (Å²) in [6.45, 7) is 7.85. The lowest BCUT2D eigenvalue weighted by Crippen LogP contribution is -2.25. The highest BCUT2D eigenvalue weighted by Crippen LogP contribution is 2.46. The van der Waals surface area contributed by atoms with Crippen molar-refractivity contribution in [1.29, 1.82) is 0 Å². The fraction of sp³-hybridized carbons (Fsp3) is 0.421. The molecule has 0 radical (unpaired) electrons. The van der Waals surface area contributed by atoms with Gasteiger partial charge in [0, 0.05) is 46.9 Å². The molecule has 0 bridgehead atoms. The molecule has 2 aliphatic rings. The van der Waals surface area contributed by atoms with E-state index in [9.17, 15) is 0 Å². The molecule has 7 heteroatoms. The van der Waals surface area contributed by atoms with Crippen LogP contribution in [0.4, 0.5) is 0 Å². The normalized spacial score (nSPS) is 15.4. The van der Waals surface area contributed by atoms with Crippen LogP contribution in [0.5, 0.6) is 0 Å². The maximum absolute atomic E-state index is 5.41. The zero-order valence-corrected chi connectivity index (χ0v) is 29.8. The van der Waals surface area contributed by atoms with Gasteiger partial charge in [0.05, 0.1) is 31.1 Å². The van der Waals surface area contributed by atoms with Gasteiger partial charge in [-0.25, -0.2) is 0 Å². The fourth-order valence-electron chi connectivity index (χ4n) is 7.33. The number of unbranched alkanes of at least 4 members (excludes halogenated alkanes) is 6. The van der Waals surface area contributed by atoms with Crippen LogP contribution in [0.25, 0.3) is 51.1 Å². The number of nitrogens with zero attached hydrogens (tertiary/aromatic N) is 3. The molecule has 8 rings (SSSR count). The van der Waals surface area contributed by atoms with Crippen LogP contribution in [0.1, 0.15) is 87.3 Å². The highest BCUT2D eigenvalue weighted by atomic mass is 32.1. The van der Waals surface area contributed by atoms with E-state index < -0.39 is 0 Å². The van der Waals surface area contributed by atoms with Gasteiger partial charge in [-0.1, -0.05) is 57.6 Å². The molecule has 1 aliphatic carbocycles. The number of hydrogen-bond donors (Lipinski definition) is 0. The largest absolute Gasteiger partial charge is 0.339 e. The van der Waals surface area contributed by atoms with Gasteiger partial charge in [0.25, 0.3) is 0 Å². The van der Waals surface area contributed by atoms with E-state index in [2.05, 4.69) is 73.9 Å². The first-order valence-electron chi connectivity index (χ1n) is 16.8. The Balaban J connectivity index is 1.13. The van der Waals surface area contributed by atoms with Gasteiger partial charge in [0.2, 0.25) is 0 Å². The molecule has 45 heavy (non-hydrogen) atoms. The van der Waals surface area contributed by atoms with Crippen molar-refractivity contribution in [2.75, 3.05) is 0 Å². The number of fused-ring (bicyclic) bond motifs is 4. The zero-order valence-electron chi connectivity index (χ0n) is 26.6. The van der Waals surface area contributed by atoms with Crippen molar-refractivity contribution in [1.82, 2.24) is 4.57 Å². The lowest BCUT2D eigenvalue weighted by Gasteiger charge is -2.14. The van der Waals surface area contributed by atoms with Gasteiger partial charge in [-0.05, 0) is 82.3 Å². The van der Waals surface area contributed by atoms with Crippen molar-refractivity contribution in [3.05, 3.63) is 69.0 Å². The molecule has 1 spiro atoms. The van der Waals surface area contributed by atoms with Crippen LogP contribution >= 0.6 is 45.3 Å². The van der Waals surface area contributed by atoms with Crippen molar-refractivity contribution in [2.45, 2.75) is 104 Å². The van der Waals surface area contributed by atoms with Crippen LogP contribution in [-0.2, 0) is 6.54 Å². The van der Waals surface area contributed by atoms with Gasteiger partial charge in [0.1, 0.15) is 0 Å². The van der Waals surface area contributed by atoms with Crippen molar-refractivity contribution in [3.63, 3.8) is 0 Å². The maximum atomic E-state index is 5.41. The Kier molecular flexibility index (Phi) is 8.09. The van der Waals surface area contributed by atoms with Crippen LogP contribution in [-0.4, -0.2) is 10.2 Å². The number of thiophene rings is 4. The number of aryl methyl sites for hydroxylation is 3. The molecule has 6 aromatic rings. The molecule has 1 aromatic carbocycles. The van der Waals surface area contributed by atoms with Crippen molar-refractivity contribution >= 4 is 65.8 Å². The third kappa shape index (κ3) is 5.48. The molecule has 0 atom stereocenters. The van der Waals surface area contributed by atoms with Crippen LogP contribution in [0, 0.1) is 13.8 Å². The Morgan fingerprint density at radius 3 is 1.96 bits per heavy atom. The minimum Gasteiger partial charge on any atom is -0.339 e. The molecule has 6 heterocycles. The van der Waals surface area contributed by atoms with Crippen LogP contribution in [0.3, 0.4) is 0 Å². The highest BCUT2D eigenvalue weighted by molar-refractivity contribution is 7.31. The third-order valence-corrected chi connectivity index (χ3v) is 14.3. The number of benzene rings is 1. The van der Waals surface area contributed by atoms with Crippen LogP contribution < -0.4 is 10.7 Å². The first kappa shape index (κ1) is 29.8. The molecular weight excluding hydrogens is 627 g/mol. The fourth-order valence-corrected chi connectivity index (χ4v) is 11.7. The molecule has 1 saturated carbocycles. The summed E-state index contributed by atoms with van der Waals surface area (Å²) >= 11 is 7.71. The van der Waals surface area contributed by atoms with E-state index in [0.717, 1.165) is 30.1 Å². The smallest absolute Gasteiger partial charge is 0.151 e. The Hall–Kier alpha value is -2.58. The SMILES string of the molecule is CCCCCCCCCn1c2cc(C)sc2c2sc(-c3ccc(-c4ccc(-c5ccc(C)s5)c5c4=NC4(CCCC4)N=5)s3)cc21. The second-order valence-corrected chi connectivity index (χ2v) is 17.7. The molecule has 0 unspecified atom stereocenters. The second kappa shape index (κ2) is 12.2. The first-order valence-corrected chi connectivity index (χ1v) is 20.1. The predicted molar refractivity (Wildman–Crippen MR) is 198 cm³/mol. The maximum Gasteiger partial charge on any atom is 0.151 e. The van der Waals surface area contributed by atoms with Gasteiger partial charge in [0.15, 0.2) is 5.66 Å². The Bertz CT molecular complexity index is 2130.